The molecule has 1 aromatic carbocycles. The van der Waals surface area contributed by atoms with Gasteiger partial charge in [-0.2, -0.15) is 0 Å². The number of hydrogen-bond acceptors (Lipinski definition) is 4. The first-order valence-corrected chi connectivity index (χ1v) is 13.4. The summed E-state index contributed by atoms with van der Waals surface area (Å²) in [5.74, 6) is 1.61. The quantitative estimate of drug-likeness (QED) is 0.512. The average molecular weight is 482 g/mol. The second-order valence-electron chi connectivity index (χ2n) is 11.4. The molecule has 1 aliphatic heterocycles. The number of rotatable bonds is 5. The van der Waals surface area contributed by atoms with Gasteiger partial charge in [-0.05, 0) is 97.6 Å². The molecule has 36 heavy (non-hydrogen) atoms. The van der Waals surface area contributed by atoms with E-state index in [-0.39, 0.29) is 53.4 Å². The molecular weight excluding hydrogens is 450 g/mol. The first kappa shape index (κ1) is 22.0. The van der Waals surface area contributed by atoms with Gasteiger partial charge in [-0.25, -0.2) is 0 Å². The Morgan fingerprint density at radius 3 is 2.03 bits per heavy atom. The predicted octanol–water partition coefficient (Wildman–Crippen LogP) is 4.22. The van der Waals surface area contributed by atoms with Crippen LogP contribution in [0.2, 0.25) is 0 Å². The number of carbonyl (C=O) groups is 3. The number of imide groups is 1. The average Bonchev–Trinajstić information content (AvgIpc) is 3.69. The van der Waals surface area contributed by atoms with Crippen LogP contribution in [0.15, 0.2) is 60.9 Å². The van der Waals surface area contributed by atoms with Crippen molar-refractivity contribution in [2.24, 2.45) is 41.4 Å². The number of aromatic nitrogens is 1. The summed E-state index contributed by atoms with van der Waals surface area (Å²) in [6.07, 6.45) is 12.9. The molecule has 184 valence electrons. The molecule has 3 amide bonds. The van der Waals surface area contributed by atoms with Gasteiger partial charge in [0.1, 0.15) is 0 Å². The molecule has 2 heterocycles. The summed E-state index contributed by atoms with van der Waals surface area (Å²) in [5, 5.41) is 3.07. The fraction of sp³-hybridized carbons (Fsp3) is 0.467. The Kier molecular flexibility index (Phi) is 5.12. The van der Waals surface area contributed by atoms with Crippen LogP contribution in [0, 0.1) is 41.4 Å². The van der Waals surface area contributed by atoms with Crippen molar-refractivity contribution in [3.05, 3.63) is 72.1 Å². The summed E-state index contributed by atoms with van der Waals surface area (Å²) in [7, 11) is 0. The molecule has 2 aromatic rings. The van der Waals surface area contributed by atoms with Gasteiger partial charge in [0.25, 0.3) is 0 Å². The minimum atomic E-state index is -0.126. The fourth-order valence-electron chi connectivity index (χ4n) is 7.62. The molecule has 6 nitrogen and oxygen atoms in total. The lowest BCUT2D eigenvalue weighted by molar-refractivity contribution is -0.144. The highest BCUT2D eigenvalue weighted by atomic mass is 16.2. The van der Waals surface area contributed by atoms with Crippen LogP contribution in [-0.4, -0.2) is 33.6 Å². The van der Waals surface area contributed by atoms with E-state index in [1.165, 1.54) is 17.5 Å². The molecule has 2 bridgehead atoms. The normalized spacial score (nSPS) is 35.9. The Bertz CT molecular complexity index is 1200. The third kappa shape index (κ3) is 3.53. The zero-order valence-electron chi connectivity index (χ0n) is 20.3. The van der Waals surface area contributed by atoms with Crippen molar-refractivity contribution in [3.8, 4) is 0 Å². The lowest BCUT2D eigenvalue weighted by Gasteiger charge is -2.37. The second kappa shape index (κ2) is 8.39. The molecule has 5 aliphatic carbocycles. The van der Waals surface area contributed by atoms with Crippen molar-refractivity contribution >= 4 is 23.4 Å². The molecule has 8 rings (SSSR count). The standard InChI is InChI=1S/C30H31N3O3/c34-28(32-20-5-1-17(2-6-20)15-18-11-13-31-14-12-18)19-3-7-21(8-4-19)33-29(35)26-22-9-10-23(25-16-24(22)25)27(26)30(33)36/h1-2,5-6,9-14,19,21-27H,3-4,7-8,15-16H2,(H,32,34). The maximum atomic E-state index is 13.4. The summed E-state index contributed by atoms with van der Waals surface area (Å²) in [5.41, 5.74) is 3.19. The van der Waals surface area contributed by atoms with E-state index < -0.39 is 0 Å². The maximum absolute atomic E-state index is 13.4. The smallest absolute Gasteiger partial charge is 0.233 e. The SMILES string of the molecule is O=C(Nc1ccc(Cc2ccncc2)cc1)C1CCC(N2C(=O)C3C4C=CC(C5CC45)C3C2=O)CC1. The van der Waals surface area contributed by atoms with E-state index in [9.17, 15) is 14.4 Å². The second-order valence-corrected chi connectivity index (χ2v) is 11.4. The Labute approximate surface area is 211 Å². The van der Waals surface area contributed by atoms with Crippen molar-refractivity contribution in [1.29, 1.82) is 0 Å². The number of nitrogens with one attached hydrogen (secondary N) is 1. The maximum Gasteiger partial charge on any atom is 0.233 e. The van der Waals surface area contributed by atoms with E-state index in [2.05, 4.69) is 22.5 Å². The summed E-state index contributed by atoms with van der Waals surface area (Å²) < 4.78 is 0. The zero-order valence-corrected chi connectivity index (χ0v) is 20.3. The van der Waals surface area contributed by atoms with Crippen LogP contribution in [0.25, 0.3) is 0 Å². The first-order valence-electron chi connectivity index (χ1n) is 13.4. The number of likely N-dealkylation sites (tertiary alicyclic amines) is 1. The molecule has 3 saturated carbocycles. The highest BCUT2D eigenvalue weighted by Crippen LogP contribution is 2.65. The van der Waals surface area contributed by atoms with Crippen LogP contribution in [0.4, 0.5) is 5.69 Å². The number of nitrogens with zero attached hydrogens (tertiary/aromatic N) is 2. The van der Waals surface area contributed by atoms with E-state index in [0.717, 1.165) is 24.9 Å². The van der Waals surface area contributed by atoms with E-state index in [1.54, 1.807) is 17.3 Å². The number of hydrogen-bond donors (Lipinski definition) is 1. The summed E-state index contributed by atoms with van der Waals surface area (Å²) in [4.78, 5) is 45.4. The molecule has 1 saturated heterocycles. The van der Waals surface area contributed by atoms with Gasteiger partial charge in [-0.1, -0.05) is 24.3 Å². The van der Waals surface area contributed by atoms with Crippen molar-refractivity contribution in [3.63, 3.8) is 0 Å². The van der Waals surface area contributed by atoms with Gasteiger partial charge in [-0.15, -0.1) is 0 Å². The van der Waals surface area contributed by atoms with Crippen LogP contribution < -0.4 is 5.32 Å². The van der Waals surface area contributed by atoms with Gasteiger partial charge in [0.05, 0.1) is 11.8 Å². The zero-order chi connectivity index (χ0) is 24.4. The van der Waals surface area contributed by atoms with Crippen LogP contribution in [-0.2, 0) is 20.8 Å². The van der Waals surface area contributed by atoms with E-state index in [0.29, 0.717) is 24.7 Å². The van der Waals surface area contributed by atoms with E-state index in [1.807, 2.05) is 36.4 Å². The molecule has 0 spiro atoms. The molecule has 6 atom stereocenters. The van der Waals surface area contributed by atoms with Gasteiger partial charge >= 0.3 is 0 Å². The van der Waals surface area contributed by atoms with Crippen molar-refractivity contribution in [2.45, 2.75) is 44.6 Å². The van der Waals surface area contributed by atoms with Crippen molar-refractivity contribution < 1.29 is 14.4 Å². The van der Waals surface area contributed by atoms with Gasteiger partial charge in [0.2, 0.25) is 17.7 Å². The minimum absolute atomic E-state index is 0.0328. The molecule has 1 aromatic heterocycles. The molecule has 4 fully saturated rings. The monoisotopic (exact) mass is 481 g/mol. The third-order valence-corrected chi connectivity index (χ3v) is 9.51. The van der Waals surface area contributed by atoms with Gasteiger partial charge in [0, 0.05) is 30.0 Å². The van der Waals surface area contributed by atoms with Gasteiger partial charge in [0.15, 0.2) is 0 Å². The van der Waals surface area contributed by atoms with Crippen molar-refractivity contribution in [2.75, 3.05) is 5.32 Å². The number of carbonyl (C=O) groups excluding carboxylic acids is 3. The predicted molar refractivity (Wildman–Crippen MR) is 134 cm³/mol. The van der Waals surface area contributed by atoms with E-state index in [4.69, 9.17) is 0 Å². The van der Waals surface area contributed by atoms with Crippen LogP contribution in [0.5, 0.6) is 0 Å². The number of amides is 3. The van der Waals surface area contributed by atoms with Crippen molar-refractivity contribution in [1.82, 2.24) is 9.88 Å². The minimum Gasteiger partial charge on any atom is -0.326 e. The Morgan fingerprint density at radius 1 is 0.833 bits per heavy atom. The molecule has 6 heteroatoms. The number of anilines is 1. The topological polar surface area (TPSA) is 79.4 Å². The highest BCUT2D eigenvalue weighted by Gasteiger charge is 2.67. The molecule has 6 aliphatic rings. The van der Waals surface area contributed by atoms with Gasteiger partial charge < -0.3 is 5.32 Å². The third-order valence-electron chi connectivity index (χ3n) is 9.51. The van der Waals surface area contributed by atoms with E-state index >= 15 is 0 Å². The van der Waals surface area contributed by atoms with Gasteiger partial charge in [-0.3, -0.25) is 24.3 Å². The summed E-state index contributed by atoms with van der Waals surface area (Å²) in [6.45, 7) is 0. The molecular formula is C30H31N3O3. The Balaban J connectivity index is 0.950. The Morgan fingerprint density at radius 2 is 1.42 bits per heavy atom. The largest absolute Gasteiger partial charge is 0.326 e. The lowest BCUT2D eigenvalue weighted by atomic mass is 9.63. The summed E-state index contributed by atoms with van der Waals surface area (Å²) >= 11 is 0. The fourth-order valence-corrected chi connectivity index (χ4v) is 7.62. The number of allylic oxidation sites excluding steroid dienone is 2. The summed E-state index contributed by atoms with van der Waals surface area (Å²) in [6, 6.07) is 12.0. The Hall–Kier alpha value is -3.28. The number of benzene rings is 1. The highest BCUT2D eigenvalue weighted by molar-refractivity contribution is 6.06. The first-order chi connectivity index (χ1) is 17.6. The molecule has 1 N–H and O–H groups in total. The number of pyridine rings is 1. The molecule has 0 radical (unpaired) electrons. The van der Waals surface area contributed by atoms with Crippen LogP contribution in [0.3, 0.4) is 0 Å². The molecule has 6 unspecified atom stereocenters. The lowest BCUT2D eigenvalue weighted by Crippen LogP contribution is -2.44. The van der Waals surface area contributed by atoms with Crippen LogP contribution in [0.1, 0.15) is 43.2 Å². The van der Waals surface area contributed by atoms with Crippen LogP contribution >= 0.6 is 0 Å².